The average molecular weight is 489 g/mol. The number of hydrogen-bond acceptors (Lipinski definition) is 6. The molecule has 1 aromatic rings. The Morgan fingerprint density at radius 2 is 1.83 bits per heavy atom. The number of aryl methyl sites for hydroxylation is 1. The molecule has 0 radical (unpaired) electrons. The van der Waals surface area contributed by atoms with Crippen LogP contribution in [0, 0.1) is 5.92 Å². The summed E-state index contributed by atoms with van der Waals surface area (Å²) in [5, 5.41) is 4.48. The number of nitrogens with one attached hydrogen (secondary N) is 2. The van der Waals surface area contributed by atoms with Crippen molar-refractivity contribution < 1.29 is 19.1 Å². The van der Waals surface area contributed by atoms with Gasteiger partial charge in [-0.2, -0.15) is 0 Å². The summed E-state index contributed by atoms with van der Waals surface area (Å²) in [5.74, 6) is -1.29. The van der Waals surface area contributed by atoms with Gasteiger partial charge in [0.25, 0.3) is 11.8 Å². The van der Waals surface area contributed by atoms with E-state index in [0.29, 0.717) is 19.4 Å². The number of nitrogens with zero attached hydrogens (tertiary/aromatic N) is 2. The fourth-order valence-corrected chi connectivity index (χ4v) is 3.26. The maximum absolute atomic E-state index is 13.1. The van der Waals surface area contributed by atoms with Crippen molar-refractivity contribution in [2.75, 3.05) is 26.2 Å². The molecule has 0 fully saturated rings. The molecule has 0 heterocycles. The Labute approximate surface area is 208 Å². The lowest BCUT2D eigenvalue weighted by molar-refractivity contribution is -0.140. The normalized spacial score (nSPS) is 11.8. The summed E-state index contributed by atoms with van der Waals surface area (Å²) < 4.78 is 4.81. The Bertz CT molecular complexity index is 838. The van der Waals surface area contributed by atoms with Crippen LogP contribution in [0.25, 0.3) is 0 Å². The van der Waals surface area contributed by atoms with Crippen molar-refractivity contribution in [3.63, 3.8) is 0 Å². The summed E-state index contributed by atoms with van der Waals surface area (Å²) in [4.78, 5) is 41.3. The standard InChI is InChI=1S/C25H40N6O4/c1-4-35-23(33)14-13-22(32)31(17-9-16-29-25(26)27)30-24(34)21(18-19(2)3)28-15-8-12-20-10-6-5-7-11-20/h5-7,10-11,13-14,19,21,28H,4,8-9,12,15-18H2,1-3H3,(H,30,34)(H4,26,27,29)/b14-13+. The van der Waals surface area contributed by atoms with Gasteiger partial charge in [-0.25, -0.2) is 4.79 Å². The van der Waals surface area contributed by atoms with Crippen LogP contribution in [0.4, 0.5) is 0 Å². The highest BCUT2D eigenvalue weighted by atomic mass is 16.5. The zero-order chi connectivity index (χ0) is 26.1. The number of carbonyl (C=O) groups excluding carboxylic acids is 3. The van der Waals surface area contributed by atoms with Gasteiger partial charge in [-0.1, -0.05) is 44.2 Å². The number of esters is 1. The van der Waals surface area contributed by atoms with Crippen molar-refractivity contribution >= 4 is 23.7 Å². The van der Waals surface area contributed by atoms with E-state index in [9.17, 15) is 14.4 Å². The maximum Gasteiger partial charge on any atom is 0.330 e. The number of carbonyl (C=O) groups is 3. The summed E-state index contributed by atoms with van der Waals surface area (Å²) >= 11 is 0. The molecule has 35 heavy (non-hydrogen) atoms. The fourth-order valence-electron chi connectivity index (χ4n) is 3.26. The molecule has 10 heteroatoms. The third kappa shape index (κ3) is 13.8. The summed E-state index contributed by atoms with van der Waals surface area (Å²) in [6.07, 6.45) is 4.90. The van der Waals surface area contributed by atoms with Crippen LogP contribution in [0.1, 0.15) is 45.6 Å². The van der Waals surface area contributed by atoms with E-state index in [1.807, 2.05) is 32.0 Å². The first-order valence-corrected chi connectivity index (χ1v) is 12.0. The van der Waals surface area contributed by atoms with Gasteiger partial charge >= 0.3 is 5.97 Å². The van der Waals surface area contributed by atoms with Crippen molar-refractivity contribution in [2.45, 2.75) is 52.5 Å². The predicted octanol–water partition coefficient (Wildman–Crippen LogP) is 1.27. The summed E-state index contributed by atoms with van der Waals surface area (Å²) in [6.45, 7) is 7.04. The second-order valence-corrected chi connectivity index (χ2v) is 8.44. The minimum Gasteiger partial charge on any atom is -0.463 e. The van der Waals surface area contributed by atoms with E-state index in [-0.39, 0.29) is 37.5 Å². The van der Waals surface area contributed by atoms with Crippen LogP contribution < -0.4 is 22.2 Å². The smallest absolute Gasteiger partial charge is 0.330 e. The number of aliphatic imine (C=N–C) groups is 1. The Morgan fingerprint density at radius 1 is 1.11 bits per heavy atom. The molecule has 0 aromatic heterocycles. The molecular weight excluding hydrogens is 448 g/mol. The molecule has 1 unspecified atom stereocenters. The number of amides is 2. The molecule has 194 valence electrons. The molecule has 1 rings (SSSR count). The topological polar surface area (TPSA) is 152 Å². The number of hydrogen-bond donors (Lipinski definition) is 4. The van der Waals surface area contributed by atoms with Crippen molar-refractivity contribution in [1.82, 2.24) is 15.8 Å². The zero-order valence-corrected chi connectivity index (χ0v) is 21.0. The van der Waals surface area contributed by atoms with Crippen molar-refractivity contribution in [3.8, 4) is 0 Å². The number of guanidine groups is 1. The second-order valence-electron chi connectivity index (χ2n) is 8.44. The SMILES string of the molecule is CCOC(=O)/C=C/C(=O)N(CCCN=C(N)N)NC(=O)C(CC(C)C)NCCCc1ccccc1. The summed E-state index contributed by atoms with van der Waals surface area (Å²) in [5.41, 5.74) is 14.6. The molecular formula is C25H40N6O4. The van der Waals surface area contributed by atoms with Gasteiger partial charge in [-0.05, 0) is 50.6 Å². The van der Waals surface area contributed by atoms with Gasteiger partial charge in [0.15, 0.2) is 5.96 Å². The first kappa shape index (κ1) is 29.6. The first-order chi connectivity index (χ1) is 16.7. The van der Waals surface area contributed by atoms with Crippen LogP contribution in [-0.4, -0.2) is 61.0 Å². The van der Waals surface area contributed by atoms with E-state index in [4.69, 9.17) is 16.2 Å². The average Bonchev–Trinajstić information content (AvgIpc) is 2.81. The Hall–Kier alpha value is -3.40. The van der Waals surface area contributed by atoms with Gasteiger partial charge in [-0.15, -0.1) is 0 Å². The monoisotopic (exact) mass is 488 g/mol. The molecule has 0 spiro atoms. The molecule has 10 nitrogen and oxygen atoms in total. The van der Waals surface area contributed by atoms with E-state index in [1.54, 1.807) is 6.92 Å². The van der Waals surface area contributed by atoms with Crippen LogP contribution in [-0.2, 0) is 25.5 Å². The molecule has 1 aromatic carbocycles. The summed E-state index contributed by atoms with van der Waals surface area (Å²) in [6, 6.07) is 9.67. The Morgan fingerprint density at radius 3 is 2.46 bits per heavy atom. The van der Waals surface area contributed by atoms with E-state index < -0.39 is 17.9 Å². The predicted molar refractivity (Wildman–Crippen MR) is 137 cm³/mol. The van der Waals surface area contributed by atoms with Gasteiger partial charge < -0.3 is 21.5 Å². The van der Waals surface area contributed by atoms with Crippen LogP contribution in [0.15, 0.2) is 47.5 Å². The van der Waals surface area contributed by atoms with E-state index >= 15 is 0 Å². The van der Waals surface area contributed by atoms with E-state index in [2.05, 4.69) is 27.9 Å². The maximum atomic E-state index is 13.1. The lowest BCUT2D eigenvalue weighted by Gasteiger charge is -2.26. The largest absolute Gasteiger partial charge is 0.463 e. The number of rotatable bonds is 15. The number of ether oxygens (including phenoxy) is 1. The zero-order valence-electron chi connectivity index (χ0n) is 21.0. The third-order valence-corrected chi connectivity index (χ3v) is 4.89. The molecule has 6 N–H and O–H groups in total. The molecule has 0 aliphatic rings. The molecule has 1 atom stereocenters. The molecule has 2 amide bonds. The van der Waals surface area contributed by atoms with Crippen LogP contribution in [0.3, 0.4) is 0 Å². The van der Waals surface area contributed by atoms with Gasteiger partial charge in [0.1, 0.15) is 0 Å². The quantitative estimate of drug-likeness (QED) is 0.0724. The molecule has 0 saturated heterocycles. The second kappa shape index (κ2) is 17.1. The highest BCUT2D eigenvalue weighted by molar-refractivity contribution is 5.95. The Balaban J connectivity index is 2.78. The number of benzene rings is 1. The first-order valence-electron chi connectivity index (χ1n) is 12.0. The van der Waals surface area contributed by atoms with Gasteiger partial charge in [0, 0.05) is 25.2 Å². The lowest BCUT2D eigenvalue weighted by atomic mass is 10.0. The highest BCUT2D eigenvalue weighted by Gasteiger charge is 2.23. The van der Waals surface area contributed by atoms with Crippen molar-refractivity contribution in [1.29, 1.82) is 0 Å². The molecule has 0 saturated carbocycles. The van der Waals surface area contributed by atoms with Crippen LogP contribution >= 0.6 is 0 Å². The summed E-state index contributed by atoms with van der Waals surface area (Å²) in [7, 11) is 0. The molecule has 0 aliphatic heterocycles. The van der Waals surface area contributed by atoms with Gasteiger partial charge in [0.2, 0.25) is 0 Å². The third-order valence-electron chi connectivity index (χ3n) is 4.89. The molecule has 0 bridgehead atoms. The van der Waals surface area contributed by atoms with Crippen molar-refractivity contribution in [2.24, 2.45) is 22.4 Å². The van der Waals surface area contributed by atoms with Gasteiger partial charge in [-0.3, -0.25) is 25.0 Å². The number of nitrogens with two attached hydrogens (primary N) is 2. The lowest BCUT2D eigenvalue weighted by Crippen LogP contribution is -2.53. The minimum atomic E-state index is -0.634. The highest BCUT2D eigenvalue weighted by Crippen LogP contribution is 2.07. The molecule has 0 aliphatic carbocycles. The van der Waals surface area contributed by atoms with Crippen LogP contribution in [0.2, 0.25) is 0 Å². The van der Waals surface area contributed by atoms with Crippen LogP contribution in [0.5, 0.6) is 0 Å². The van der Waals surface area contributed by atoms with Crippen molar-refractivity contribution in [3.05, 3.63) is 48.0 Å². The van der Waals surface area contributed by atoms with Gasteiger partial charge in [0.05, 0.1) is 12.6 Å². The number of hydrazine groups is 1. The Kier molecular flexibility index (Phi) is 14.5. The van der Waals surface area contributed by atoms with E-state index in [0.717, 1.165) is 25.0 Å². The van der Waals surface area contributed by atoms with E-state index in [1.165, 1.54) is 10.6 Å². The fraction of sp³-hybridized carbons (Fsp3) is 0.520. The minimum absolute atomic E-state index is 0.0502.